The Bertz CT molecular complexity index is 811. The van der Waals surface area contributed by atoms with E-state index in [0.29, 0.717) is 22.8 Å². The van der Waals surface area contributed by atoms with Crippen LogP contribution in [0.25, 0.3) is 22.8 Å². The average molecular weight is 281 g/mol. The van der Waals surface area contributed by atoms with E-state index in [1.54, 1.807) is 36.4 Å². The second-order valence-corrected chi connectivity index (χ2v) is 4.41. The Kier molecular flexibility index (Phi) is 3.12. The number of para-hydroxylation sites is 1. The fraction of sp³-hybridized carbons (Fsp3) is 0. The van der Waals surface area contributed by atoms with Gasteiger partial charge in [0.1, 0.15) is 5.75 Å². The molecule has 3 rings (SSSR count). The molecule has 0 aliphatic heterocycles. The molecule has 1 heterocycles. The van der Waals surface area contributed by atoms with Gasteiger partial charge in [-0.3, -0.25) is 5.10 Å². The summed E-state index contributed by atoms with van der Waals surface area (Å²) in [6.45, 7) is 0. The van der Waals surface area contributed by atoms with Gasteiger partial charge in [0.05, 0.1) is 11.1 Å². The normalized spacial score (nSPS) is 10.5. The molecule has 1 aromatic heterocycles. The van der Waals surface area contributed by atoms with Gasteiger partial charge in [0.2, 0.25) is 0 Å². The van der Waals surface area contributed by atoms with Gasteiger partial charge in [-0.25, -0.2) is 9.78 Å². The second kappa shape index (κ2) is 5.09. The zero-order valence-corrected chi connectivity index (χ0v) is 10.8. The van der Waals surface area contributed by atoms with Crippen LogP contribution in [0.3, 0.4) is 0 Å². The number of nitrogens with zero attached hydrogens (tertiary/aromatic N) is 2. The van der Waals surface area contributed by atoms with Gasteiger partial charge >= 0.3 is 5.97 Å². The molecule has 3 aromatic rings. The number of hydrogen-bond donors (Lipinski definition) is 3. The molecule has 0 unspecified atom stereocenters. The van der Waals surface area contributed by atoms with Crippen LogP contribution in [0.4, 0.5) is 0 Å². The van der Waals surface area contributed by atoms with Gasteiger partial charge in [0, 0.05) is 5.56 Å². The molecule has 6 heteroatoms. The van der Waals surface area contributed by atoms with Gasteiger partial charge in [0.15, 0.2) is 11.6 Å². The largest absolute Gasteiger partial charge is 0.507 e. The minimum absolute atomic E-state index is 0.0967. The number of phenolic OH excluding ortho intramolecular Hbond substituents is 1. The molecule has 0 aliphatic carbocycles. The Balaban J connectivity index is 2.01. The van der Waals surface area contributed by atoms with Crippen LogP contribution >= 0.6 is 0 Å². The molecule has 2 aromatic carbocycles. The second-order valence-electron chi connectivity index (χ2n) is 4.41. The van der Waals surface area contributed by atoms with Gasteiger partial charge in [-0.05, 0) is 24.3 Å². The van der Waals surface area contributed by atoms with Gasteiger partial charge in [-0.1, -0.05) is 24.3 Å². The number of benzene rings is 2. The molecule has 0 bridgehead atoms. The summed E-state index contributed by atoms with van der Waals surface area (Å²) in [6.07, 6.45) is 0. The Morgan fingerprint density at radius 2 is 1.90 bits per heavy atom. The van der Waals surface area contributed by atoms with Gasteiger partial charge < -0.3 is 10.2 Å². The maximum atomic E-state index is 11.0. The zero-order valence-electron chi connectivity index (χ0n) is 10.8. The summed E-state index contributed by atoms with van der Waals surface area (Å²) in [4.78, 5) is 15.3. The number of carboxylic acid groups (broad SMARTS) is 1. The first-order chi connectivity index (χ1) is 10.1. The van der Waals surface area contributed by atoms with Crippen molar-refractivity contribution in [1.82, 2.24) is 15.2 Å². The highest BCUT2D eigenvalue weighted by Gasteiger charge is 2.12. The van der Waals surface area contributed by atoms with E-state index >= 15 is 0 Å². The molecule has 0 spiro atoms. The molecule has 0 radical (unpaired) electrons. The first-order valence-corrected chi connectivity index (χ1v) is 6.19. The number of H-pyrrole nitrogens is 1. The van der Waals surface area contributed by atoms with Crippen LogP contribution in [-0.4, -0.2) is 31.4 Å². The molecule has 3 N–H and O–H groups in total. The number of aromatic nitrogens is 3. The van der Waals surface area contributed by atoms with Crippen molar-refractivity contribution < 1.29 is 15.0 Å². The van der Waals surface area contributed by atoms with Crippen molar-refractivity contribution in [3.05, 3.63) is 54.1 Å². The van der Waals surface area contributed by atoms with Crippen LogP contribution < -0.4 is 0 Å². The third-order valence-electron chi connectivity index (χ3n) is 3.01. The molecular weight excluding hydrogens is 270 g/mol. The SMILES string of the molecule is O=C(O)c1cccc(-c2n[nH]c(-c3ccccc3O)n2)c1. The molecular formula is C15H11N3O3. The van der Waals surface area contributed by atoms with Gasteiger partial charge in [-0.2, -0.15) is 5.10 Å². The maximum absolute atomic E-state index is 11.0. The topological polar surface area (TPSA) is 99.1 Å². The van der Waals surface area contributed by atoms with Crippen molar-refractivity contribution in [1.29, 1.82) is 0 Å². The molecule has 0 atom stereocenters. The number of phenols is 1. The quantitative estimate of drug-likeness (QED) is 0.685. The number of carboxylic acids is 1. The summed E-state index contributed by atoms with van der Waals surface area (Å²) in [5.41, 5.74) is 1.29. The molecule has 0 saturated carbocycles. The van der Waals surface area contributed by atoms with Crippen LogP contribution in [0.1, 0.15) is 10.4 Å². The smallest absolute Gasteiger partial charge is 0.335 e. The van der Waals surface area contributed by atoms with Crippen LogP contribution in [0.5, 0.6) is 5.75 Å². The lowest BCUT2D eigenvalue weighted by atomic mass is 10.1. The Morgan fingerprint density at radius 3 is 2.67 bits per heavy atom. The summed E-state index contributed by atoms with van der Waals surface area (Å²) < 4.78 is 0. The van der Waals surface area contributed by atoms with E-state index in [1.807, 2.05) is 0 Å². The van der Waals surface area contributed by atoms with E-state index in [1.165, 1.54) is 12.1 Å². The third kappa shape index (κ3) is 2.46. The number of hydrogen-bond acceptors (Lipinski definition) is 4. The summed E-state index contributed by atoms with van der Waals surface area (Å²) in [5, 5.41) is 25.6. The number of aromatic carboxylic acids is 1. The highest BCUT2D eigenvalue weighted by molar-refractivity contribution is 5.89. The summed E-state index contributed by atoms with van der Waals surface area (Å²) >= 11 is 0. The predicted molar refractivity (Wildman–Crippen MR) is 75.9 cm³/mol. The zero-order chi connectivity index (χ0) is 14.8. The van der Waals surface area contributed by atoms with Crippen molar-refractivity contribution in [2.75, 3.05) is 0 Å². The van der Waals surface area contributed by atoms with Crippen molar-refractivity contribution >= 4 is 5.97 Å². The first kappa shape index (κ1) is 12.9. The molecule has 6 nitrogen and oxygen atoms in total. The molecule has 104 valence electrons. The van der Waals surface area contributed by atoms with E-state index < -0.39 is 5.97 Å². The molecule has 0 saturated heterocycles. The van der Waals surface area contributed by atoms with Crippen molar-refractivity contribution in [2.45, 2.75) is 0 Å². The summed E-state index contributed by atoms with van der Waals surface area (Å²) in [7, 11) is 0. The molecule has 0 aliphatic rings. The third-order valence-corrected chi connectivity index (χ3v) is 3.01. The van der Waals surface area contributed by atoms with E-state index in [0.717, 1.165) is 0 Å². The van der Waals surface area contributed by atoms with Crippen LogP contribution in [0.15, 0.2) is 48.5 Å². The highest BCUT2D eigenvalue weighted by atomic mass is 16.4. The number of aromatic hydroxyl groups is 1. The lowest BCUT2D eigenvalue weighted by molar-refractivity contribution is 0.0697. The highest BCUT2D eigenvalue weighted by Crippen LogP contribution is 2.27. The Labute approximate surface area is 119 Å². The minimum atomic E-state index is -1.01. The summed E-state index contributed by atoms with van der Waals surface area (Å²) in [5.74, 6) is -0.118. The molecule has 0 fully saturated rings. The van der Waals surface area contributed by atoms with E-state index in [9.17, 15) is 9.90 Å². The predicted octanol–water partition coefficient (Wildman–Crippen LogP) is 2.54. The Hall–Kier alpha value is -3.15. The van der Waals surface area contributed by atoms with Crippen molar-refractivity contribution in [3.63, 3.8) is 0 Å². The maximum Gasteiger partial charge on any atom is 0.335 e. The van der Waals surface area contributed by atoms with E-state index in [2.05, 4.69) is 15.2 Å². The van der Waals surface area contributed by atoms with Crippen LogP contribution in [-0.2, 0) is 0 Å². The monoisotopic (exact) mass is 281 g/mol. The lowest BCUT2D eigenvalue weighted by Crippen LogP contribution is -1.96. The van der Waals surface area contributed by atoms with Crippen LogP contribution in [0.2, 0.25) is 0 Å². The fourth-order valence-electron chi connectivity index (χ4n) is 1.98. The fourth-order valence-corrected chi connectivity index (χ4v) is 1.98. The number of aromatic amines is 1. The number of nitrogens with one attached hydrogen (secondary N) is 1. The summed E-state index contributed by atoms with van der Waals surface area (Å²) in [6, 6.07) is 13.1. The van der Waals surface area contributed by atoms with Crippen molar-refractivity contribution in [3.8, 4) is 28.5 Å². The van der Waals surface area contributed by atoms with Crippen LogP contribution in [0, 0.1) is 0 Å². The standard InChI is InChI=1S/C15H11N3O3/c19-12-7-2-1-6-11(12)14-16-13(17-18-14)9-4-3-5-10(8-9)15(20)21/h1-8,19H,(H,20,21)(H,16,17,18). The van der Waals surface area contributed by atoms with E-state index in [4.69, 9.17) is 5.11 Å². The minimum Gasteiger partial charge on any atom is -0.507 e. The van der Waals surface area contributed by atoms with E-state index in [-0.39, 0.29) is 11.3 Å². The lowest BCUT2D eigenvalue weighted by Gasteiger charge is -1.99. The Morgan fingerprint density at radius 1 is 1.10 bits per heavy atom. The average Bonchev–Trinajstić information content (AvgIpc) is 2.97. The first-order valence-electron chi connectivity index (χ1n) is 6.19. The van der Waals surface area contributed by atoms with Gasteiger partial charge in [-0.15, -0.1) is 0 Å². The van der Waals surface area contributed by atoms with Gasteiger partial charge in [0.25, 0.3) is 0 Å². The van der Waals surface area contributed by atoms with Crippen molar-refractivity contribution in [2.24, 2.45) is 0 Å². The molecule has 21 heavy (non-hydrogen) atoms. The number of carbonyl (C=O) groups is 1. The molecule has 0 amide bonds. The number of rotatable bonds is 3.